The van der Waals surface area contributed by atoms with Gasteiger partial charge in [0.25, 0.3) is 11.8 Å². The van der Waals surface area contributed by atoms with E-state index >= 15 is 0 Å². The lowest BCUT2D eigenvalue weighted by Crippen LogP contribution is -2.32. The molecule has 33 heavy (non-hydrogen) atoms. The maximum Gasteiger partial charge on any atom is 0.282 e. The molecule has 3 aromatic rings. The van der Waals surface area contributed by atoms with Crippen LogP contribution in [0.15, 0.2) is 78.5 Å². The summed E-state index contributed by atoms with van der Waals surface area (Å²) in [7, 11) is 0. The molecule has 1 fully saturated rings. The van der Waals surface area contributed by atoms with Gasteiger partial charge in [0.05, 0.1) is 11.3 Å². The summed E-state index contributed by atoms with van der Waals surface area (Å²) in [5.41, 5.74) is 6.09. The Hall–Kier alpha value is -3.86. The maximum absolute atomic E-state index is 13.6. The maximum atomic E-state index is 13.6. The highest BCUT2D eigenvalue weighted by Crippen LogP contribution is 2.35. The minimum absolute atomic E-state index is 0.310. The van der Waals surface area contributed by atoms with Gasteiger partial charge >= 0.3 is 0 Å². The van der Waals surface area contributed by atoms with Crippen molar-refractivity contribution in [2.24, 2.45) is 0 Å². The van der Waals surface area contributed by atoms with Crippen molar-refractivity contribution in [3.8, 4) is 0 Å². The molecule has 0 aromatic heterocycles. The average molecular weight is 438 g/mol. The second-order valence-corrected chi connectivity index (χ2v) is 8.72. The number of anilines is 3. The highest BCUT2D eigenvalue weighted by Gasteiger charge is 2.40. The number of carbonyl (C=O) groups is 2. The normalized spacial score (nSPS) is 16.2. The number of nitrogens with one attached hydrogen (secondary N) is 1. The van der Waals surface area contributed by atoms with E-state index in [1.54, 1.807) is 12.1 Å². The van der Waals surface area contributed by atoms with Crippen LogP contribution in [0.3, 0.4) is 0 Å². The molecule has 5 heteroatoms. The summed E-state index contributed by atoms with van der Waals surface area (Å²) < 4.78 is 0. The van der Waals surface area contributed by atoms with Gasteiger partial charge < -0.3 is 10.2 Å². The van der Waals surface area contributed by atoms with Crippen molar-refractivity contribution >= 4 is 34.4 Å². The molecule has 5 rings (SSSR count). The summed E-state index contributed by atoms with van der Waals surface area (Å²) in [6.45, 7) is 6.15. The number of hydrogen-bond donors (Lipinski definition) is 1. The van der Waals surface area contributed by atoms with Crippen molar-refractivity contribution < 1.29 is 9.59 Å². The van der Waals surface area contributed by atoms with E-state index in [-0.39, 0.29) is 11.8 Å². The molecule has 0 bridgehead atoms. The van der Waals surface area contributed by atoms with Crippen molar-refractivity contribution in [2.75, 3.05) is 28.2 Å². The summed E-state index contributed by atoms with van der Waals surface area (Å²) >= 11 is 0. The molecule has 0 spiro atoms. The van der Waals surface area contributed by atoms with Gasteiger partial charge in [0.2, 0.25) is 0 Å². The van der Waals surface area contributed by atoms with Crippen molar-refractivity contribution in [1.29, 1.82) is 0 Å². The standard InChI is InChI=1S/C28H27N3O2/c1-19-10-15-24(20(2)18-19)25-26(28(33)31(27(25)32)23-8-4-3-5-9-23)29-21-11-13-22(14-12-21)30-16-6-7-17-30/h3-5,8-15,18,29H,6-7,16-17H2,1-2H3. The molecule has 166 valence electrons. The Labute approximate surface area is 194 Å². The number of imide groups is 1. The average Bonchev–Trinajstić information content (AvgIpc) is 3.43. The van der Waals surface area contributed by atoms with Crippen molar-refractivity contribution in [1.82, 2.24) is 0 Å². The molecular formula is C28H27N3O2. The third-order valence-electron chi connectivity index (χ3n) is 6.36. The van der Waals surface area contributed by atoms with Gasteiger partial charge in [-0.05, 0) is 74.2 Å². The minimum Gasteiger partial charge on any atom is -0.372 e. The number of hydrogen-bond acceptors (Lipinski definition) is 4. The number of nitrogens with zero attached hydrogens (tertiary/aromatic N) is 2. The lowest BCUT2D eigenvalue weighted by atomic mass is 9.97. The van der Waals surface area contributed by atoms with E-state index in [9.17, 15) is 9.59 Å². The van der Waals surface area contributed by atoms with Crippen LogP contribution in [-0.2, 0) is 9.59 Å². The molecule has 3 aromatic carbocycles. The zero-order chi connectivity index (χ0) is 22.9. The second kappa shape index (κ2) is 8.58. The smallest absolute Gasteiger partial charge is 0.282 e. The second-order valence-electron chi connectivity index (χ2n) is 8.72. The number of rotatable bonds is 5. The first-order chi connectivity index (χ1) is 16.0. The molecule has 1 N–H and O–H groups in total. The lowest BCUT2D eigenvalue weighted by molar-refractivity contribution is -0.120. The monoisotopic (exact) mass is 437 g/mol. The third-order valence-corrected chi connectivity index (χ3v) is 6.36. The first kappa shape index (κ1) is 21.0. The van der Waals surface area contributed by atoms with Crippen molar-refractivity contribution in [3.63, 3.8) is 0 Å². The van der Waals surface area contributed by atoms with E-state index in [2.05, 4.69) is 22.3 Å². The van der Waals surface area contributed by atoms with Crippen LogP contribution >= 0.6 is 0 Å². The van der Waals surface area contributed by atoms with E-state index < -0.39 is 0 Å². The van der Waals surface area contributed by atoms with Crippen LogP contribution in [0.5, 0.6) is 0 Å². The van der Waals surface area contributed by atoms with Crippen LogP contribution < -0.4 is 15.1 Å². The van der Waals surface area contributed by atoms with E-state index in [1.807, 2.05) is 62.4 Å². The fraction of sp³-hybridized carbons (Fsp3) is 0.214. The van der Waals surface area contributed by atoms with E-state index in [0.29, 0.717) is 17.0 Å². The summed E-state index contributed by atoms with van der Waals surface area (Å²) in [6, 6.07) is 23.1. The lowest BCUT2D eigenvalue weighted by Gasteiger charge is -2.18. The van der Waals surface area contributed by atoms with Gasteiger partial charge in [-0.1, -0.05) is 42.0 Å². The Morgan fingerprint density at radius 3 is 2.12 bits per heavy atom. The highest BCUT2D eigenvalue weighted by atomic mass is 16.2. The number of benzene rings is 3. The van der Waals surface area contributed by atoms with Crippen LogP contribution in [0.4, 0.5) is 17.1 Å². The predicted octanol–water partition coefficient (Wildman–Crippen LogP) is 5.30. The van der Waals surface area contributed by atoms with Crippen LogP contribution in [-0.4, -0.2) is 24.9 Å². The zero-order valence-electron chi connectivity index (χ0n) is 19.0. The van der Waals surface area contributed by atoms with Crippen LogP contribution in [0.1, 0.15) is 29.5 Å². The Morgan fingerprint density at radius 2 is 1.45 bits per heavy atom. The fourth-order valence-corrected chi connectivity index (χ4v) is 4.68. The van der Waals surface area contributed by atoms with E-state index in [1.165, 1.54) is 23.4 Å². The molecule has 0 atom stereocenters. The first-order valence-electron chi connectivity index (χ1n) is 11.4. The number of para-hydroxylation sites is 1. The predicted molar refractivity (Wildman–Crippen MR) is 133 cm³/mol. The van der Waals surface area contributed by atoms with Gasteiger partial charge in [0.1, 0.15) is 5.70 Å². The van der Waals surface area contributed by atoms with E-state index in [4.69, 9.17) is 0 Å². The molecule has 2 heterocycles. The Kier molecular flexibility index (Phi) is 5.47. The number of carbonyl (C=O) groups excluding carboxylic acids is 2. The van der Waals surface area contributed by atoms with Crippen LogP contribution in [0, 0.1) is 13.8 Å². The van der Waals surface area contributed by atoms with E-state index in [0.717, 1.165) is 35.5 Å². The van der Waals surface area contributed by atoms with Gasteiger partial charge in [-0.2, -0.15) is 0 Å². The summed E-state index contributed by atoms with van der Waals surface area (Å²) in [6.07, 6.45) is 2.44. The Balaban J connectivity index is 1.54. The van der Waals surface area contributed by atoms with Crippen LogP contribution in [0.25, 0.3) is 5.57 Å². The zero-order valence-corrected chi connectivity index (χ0v) is 19.0. The van der Waals surface area contributed by atoms with Crippen LogP contribution in [0.2, 0.25) is 0 Å². The number of aryl methyl sites for hydroxylation is 2. The molecule has 2 aliphatic heterocycles. The molecule has 2 amide bonds. The first-order valence-corrected chi connectivity index (χ1v) is 11.4. The van der Waals surface area contributed by atoms with Crippen molar-refractivity contribution in [3.05, 3.63) is 95.2 Å². The molecule has 1 saturated heterocycles. The van der Waals surface area contributed by atoms with Gasteiger partial charge in [-0.25, -0.2) is 4.90 Å². The summed E-state index contributed by atoms with van der Waals surface area (Å²) in [5, 5.41) is 3.28. The quantitative estimate of drug-likeness (QED) is 0.551. The molecule has 0 aliphatic carbocycles. The van der Waals surface area contributed by atoms with Gasteiger partial charge in [-0.3, -0.25) is 9.59 Å². The SMILES string of the molecule is Cc1ccc(C2=C(Nc3ccc(N4CCCC4)cc3)C(=O)N(c3ccccc3)C2=O)c(C)c1. The molecular weight excluding hydrogens is 410 g/mol. The minimum atomic E-state index is -0.343. The largest absolute Gasteiger partial charge is 0.372 e. The molecule has 0 unspecified atom stereocenters. The topological polar surface area (TPSA) is 52.7 Å². The highest BCUT2D eigenvalue weighted by molar-refractivity contribution is 6.46. The Bertz CT molecular complexity index is 1240. The molecule has 5 nitrogen and oxygen atoms in total. The molecule has 0 radical (unpaired) electrons. The third kappa shape index (κ3) is 3.91. The van der Waals surface area contributed by atoms with Gasteiger partial charge in [-0.15, -0.1) is 0 Å². The molecule has 2 aliphatic rings. The fourth-order valence-electron chi connectivity index (χ4n) is 4.68. The Morgan fingerprint density at radius 1 is 0.758 bits per heavy atom. The van der Waals surface area contributed by atoms with Gasteiger partial charge in [0.15, 0.2) is 0 Å². The summed E-state index contributed by atoms with van der Waals surface area (Å²) in [4.78, 5) is 30.7. The van der Waals surface area contributed by atoms with Gasteiger partial charge in [0, 0.05) is 24.5 Å². The molecule has 0 saturated carbocycles. The number of amides is 2. The summed E-state index contributed by atoms with van der Waals surface area (Å²) in [5.74, 6) is -0.654. The van der Waals surface area contributed by atoms with Crippen molar-refractivity contribution in [2.45, 2.75) is 26.7 Å².